The van der Waals surface area contributed by atoms with Crippen molar-refractivity contribution in [1.29, 1.82) is 0 Å². The van der Waals surface area contributed by atoms with Crippen molar-refractivity contribution in [3.63, 3.8) is 0 Å². The summed E-state index contributed by atoms with van der Waals surface area (Å²) in [5.74, 6) is -0.0367. The summed E-state index contributed by atoms with van der Waals surface area (Å²) in [6, 6.07) is 0.0603. The first-order chi connectivity index (χ1) is 7.58. The Kier molecular flexibility index (Phi) is 4.70. The number of hydrogen-bond acceptors (Lipinski definition) is 4. The van der Waals surface area contributed by atoms with Gasteiger partial charge in [-0.25, -0.2) is 0 Å². The molecule has 2 amide bonds. The van der Waals surface area contributed by atoms with Crippen LogP contribution in [0.5, 0.6) is 0 Å². The Hall–Kier alpha value is -1.14. The summed E-state index contributed by atoms with van der Waals surface area (Å²) in [6.45, 7) is 1.35. The molecule has 1 fully saturated rings. The van der Waals surface area contributed by atoms with Gasteiger partial charge in [-0.05, 0) is 7.05 Å². The van der Waals surface area contributed by atoms with Crippen LogP contribution in [0.2, 0.25) is 0 Å². The molecule has 0 aromatic carbocycles. The summed E-state index contributed by atoms with van der Waals surface area (Å²) in [7, 11) is 5.07. The Bertz CT molecular complexity index is 270. The number of hydrogen-bond donors (Lipinski definition) is 1. The number of nitrogens with one attached hydrogen (secondary N) is 1. The molecule has 1 aliphatic rings. The molecule has 0 aliphatic carbocycles. The van der Waals surface area contributed by atoms with Gasteiger partial charge >= 0.3 is 0 Å². The molecule has 0 saturated carbocycles. The molecule has 16 heavy (non-hydrogen) atoms. The summed E-state index contributed by atoms with van der Waals surface area (Å²) in [5.41, 5.74) is 0. The lowest BCUT2D eigenvalue weighted by Crippen LogP contribution is -2.55. The maximum absolute atomic E-state index is 11.7. The van der Waals surface area contributed by atoms with E-state index < -0.39 is 0 Å². The maximum atomic E-state index is 11.7. The second kappa shape index (κ2) is 5.81. The number of methoxy groups -OCH3 is 1. The van der Waals surface area contributed by atoms with Gasteiger partial charge in [0.1, 0.15) is 0 Å². The highest BCUT2D eigenvalue weighted by molar-refractivity contribution is 5.92. The van der Waals surface area contributed by atoms with Crippen LogP contribution in [-0.2, 0) is 14.3 Å². The van der Waals surface area contributed by atoms with E-state index in [1.54, 1.807) is 19.1 Å². The molecular weight excluding hydrogens is 210 g/mol. The van der Waals surface area contributed by atoms with E-state index in [2.05, 4.69) is 5.32 Å². The molecule has 1 heterocycles. The first kappa shape index (κ1) is 12.9. The Morgan fingerprint density at radius 2 is 2.06 bits per heavy atom. The molecule has 0 aromatic heterocycles. The number of likely N-dealkylation sites (N-methyl/N-ethyl adjacent to an activating group) is 2. The first-order valence-electron chi connectivity index (χ1n) is 5.26. The summed E-state index contributed by atoms with van der Waals surface area (Å²) < 4.78 is 5.02. The number of nitrogens with zero attached hydrogens (tertiary/aromatic N) is 2. The molecule has 0 aromatic rings. The SMILES string of the molecule is CNC(COC)CN1CC(=O)N(C)CC1=O. The van der Waals surface area contributed by atoms with Crippen LogP contribution in [0.3, 0.4) is 0 Å². The monoisotopic (exact) mass is 229 g/mol. The lowest BCUT2D eigenvalue weighted by molar-refractivity contribution is -0.149. The summed E-state index contributed by atoms with van der Waals surface area (Å²) in [6.07, 6.45) is 0. The van der Waals surface area contributed by atoms with Gasteiger partial charge in [0.2, 0.25) is 11.8 Å². The lowest BCUT2D eigenvalue weighted by Gasteiger charge is -2.33. The van der Waals surface area contributed by atoms with Crippen LogP contribution in [0.15, 0.2) is 0 Å². The first-order valence-corrected chi connectivity index (χ1v) is 5.26. The third-order valence-corrected chi connectivity index (χ3v) is 2.69. The maximum Gasteiger partial charge on any atom is 0.242 e. The number of rotatable bonds is 5. The van der Waals surface area contributed by atoms with Gasteiger partial charge in [-0.3, -0.25) is 9.59 Å². The average molecular weight is 229 g/mol. The van der Waals surface area contributed by atoms with Crippen LogP contribution >= 0.6 is 0 Å². The average Bonchev–Trinajstić information content (AvgIpc) is 2.25. The van der Waals surface area contributed by atoms with Gasteiger partial charge < -0.3 is 19.9 Å². The van der Waals surface area contributed by atoms with Gasteiger partial charge in [0.15, 0.2) is 0 Å². The standard InChI is InChI=1S/C10H19N3O3/c1-11-8(7-16-3)4-13-6-9(14)12(2)5-10(13)15/h8,11H,4-7H2,1-3H3. The number of carbonyl (C=O) groups excluding carboxylic acids is 2. The molecule has 1 atom stereocenters. The second-order valence-electron chi connectivity index (χ2n) is 3.97. The van der Waals surface area contributed by atoms with E-state index >= 15 is 0 Å². The summed E-state index contributed by atoms with van der Waals surface area (Å²) in [5, 5.41) is 3.05. The van der Waals surface area contributed by atoms with Crippen molar-refractivity contribution in [3.05, 3.63) is 0 Å². The van der Waals surface area contributed by atoms with Crippen molar-refractivity contribution < 1.29 is 14.3 Å². The van der Waals surface area contributed by atoms with Crippen LogP contribution in [0.1, 0.15) is 0 Å². The van der Waals surface area contributed by atoms with Crippen LogP contribution in [0.4, 0.5) is 0 Å². The van der Waals surface area contributed by atoms with Crippen LogP contribution < -0.4 is 5.32 Å². The van der Waals surface area contributed by atoms with Crippen LogP contribution in [0.25, 0.3) is 0 Å². The number of piperazine rings is 1. The normalized spacial score (nSPS) is 19.2. The minimum atomic E-state index is -0.0214. The fraction of sp³-hybridized carbons (Fsp3) is 0.800. The fourth-order valence-electron chi connectivity index (χ4n) is 1.62. The van der Waals surface area contributed by atoms with E-state index in [1.165, 1.54) is 4.90 Å². The molecule has 1 aliphatic heterocycles. The zero-order valence-corrected chi connectivity index (χ0v) is 10.0. The zero-order chi connectivity index (χ0) is 12.1. The summed E-state index contributed by atoms with van der Waals surface area (Å²) in [4.78, 5) is 26.1. The molecule has 1 rings (SSSR count). The van der Waals surface area contributed by atoms with Crippen molar-refractivity contribution in [1.82, 2.24) is 15.1 Å². The fourth-order valence-corrected chi connectivity index (χ4v) is 1.62. The van der Waals surface area contributed by atoms with E-state index in [9.17, 15) is 9.59 Å². The lowest BCUT2D eigenvalue weighted by atomic mass is 10.2. The van der Waals surface area contributed by atoms with E-state index in [1.807, 2.05) is 7.05 Å². The molecule has 1 N–H and O–H groups in total. The highest BCUT2D eigenvalue weighted by Gasteiger charge is 2.28. The topological polar surface area (TPSA) is 61.9 Å². The molecule has 0 bridgehead atoms. The second-order valence-corrected chi connectivity index (χ2v) is 3.97. The van der Waals surface area contributed by atoms with Crippen molar-refractivity contribution >= 4 is 11.8 Å². The Balaban J connectivity index is 2.52. The highest BCUT2D eigenvalue weighted by Crippen LogP contribution is 2.03. The zero-order valence-electron chi connectivity index (χ0n) is 10.0. The highest BCUT2D eigenvalue weighted by atomic mass is 16.5. The van der Waals surface area contributed by atoms with Crippen molar-refractivity contribution in [3.8, 4) is 0 Å². The van der Waals surface area contributed by atoms with Crippen molar-refractivity contribution in [2.24, 2.45) is 0 Å². The van der Waals surface area contributed by atoms with Crippen LogP contribution in [-0.4, -0.2) is 75.1 Å². The Labute approximate surface area is 95.5 Å². The Morgan fingerprint density at radius 3 is 2.62 bits per heavy atom. The molecule has 0 radical (unpaired) electrons. The van der Waals surface area contributed by atoms with Gasteiger partial charge in [-0.15, -0.1) is 0 Å². The van der Waals surface area contributed by atoms with E-state index in [0.717, 1.165) is 0 Å². The molecular formula is C10H19N3O3. The van der Waals surface area contributed by atoms with E-state index in [-0.39, 0.29) is 30.9 Å². The predicted molar refractivity (Wildman–Crippen MR) is 58.9 cm³/mol. The quantitative estimate of drug-likeness (QED) is 0.624. The van der Waals surface area contributed by atoms with Crippen molar-refractivity contribution in [2.75, 3.05) is 47.4 Å². The van der Waals surface area contributed by atoms with Gasteiger partial charge in [0, 0.05) is 26.7 Å². The van der Waals surface area contributed by atoms with Crippen LogP contribution in [0, 0.1) is 0 Å². The van der Waals surface area contributed by atoms with Crippen molar-refractivity contribution in [2.45, 2.75) is 6.04 Å². The van der Waals surface area contributed by atoms with Gasteiger partial charge in [0.05, 0.1) is 19.7 Å². The van der Waals surface area contributed by atoms with Gasteiger partial charge in [-0.1, -0.05) is 0 Å². The Morgan fingerprint density at radius 1 is 1.38 bits per heavy atom. The van der Waals surface area contributed by atoms with Gasteiger partial charge in [-0.2, -0.15) is 0 Å². The molecule has 6 heteroatoms. The van der Waals surface area contributed by atoms with Gasteiger partial charge in [0.25, 0.3) is 0 Å². The third-order valence-electron chi connectivity index (χ3n) is 2.69. The number of ether oxygens (including phenoxy) is 1. The molecule has 92 valence electrons. The number of carbonyl (C=O) groups is 2. The van der Waals surface area contributed by atoms with E-state index in [4.69, 9.17) is 4.74 Å². The molecule has 1 saturated heterocycles. The number of amides is 2. The minimum absolute atomic E-state index is 0.0153. The summed E-state index contributed by atoms with van der Waals surface area (Å²) >= 11 is 0. The largest absolute Gasteiger partial charge is 0.383 e. The predicted octanol–water partition coefficient (Wildman–Crippen LogP) is -1.48. The molecule has 6 nitrogen and oxygen atoms in total. The molecule has 1 unspecified atom stereocenters. The molecule has 0 spiro atoms. The smallest absolute Gasteiger partial charge is 0.242 e. The minimum Gasteiger partial charge on any atom is -0.383 e. The van der Waals surface area contributed by atoms with E-state index in [0.29, 0.717) is 13.2 Å². The third kappa shape index (κ3) is 3.18.